The Bertz CT molecular complexity index is 143. The molecule has 10 heavy (non-hydrogen) atoms. The summed E-state index contributed by atoms with van der Waals surface area (Å²) < 4.78 is 4.90. The Hall–Kier alpha value is -0.250. The first kappa shape index (κ1) is 12.4. The van der Waals surface area contributed by atoms with Crippen molar-refractivity contribution in [3.8, 4) is 0 Å². The van der Waals surface area contributed by atoms with Gasteiger partial charge < -0.3 is 9.73 Å². The van der Waals surface area contributed by atoms with Gasteiger partial charge in [0, 0.05) is 0 Å². The summed E-state index contributed by atoms with van der Waals surface area (Å²) in [5.74, 6) is 0.868. The SMILES string of the molecule is CNCc1cnco1.Cl.Cl. The lowest BCUT2D eigenvalue weighted by atomic mass is 10.5. The van der Waals surface area contributed by atoms with Crippen LogP contribution in [0.3, 0.4) is 0 Å². The lowest BCUT2D eigenvalue weighted by molar-refractivity contribution is 0.490. The summed E-state index contributed by atoms with van der Waals surface area (Å²) in [6, 6.07) is 0. The highest BCUT2D eigenvalue weighted by atomic mass is 35.5. The molecule has 0 fully saturated rings. The first-order valence-corrected chi connectivity index (χ1v) is 2.45. The number of oxazole rings is 1. The third kappa shape index (κ3) is 3.71. The van der Waals surface area contributed by atoms with E-state index >= 15 is 0 Å². The summed E-state index contributed by atoms with van der Waals surface area (Å²) in [5.41, 5.74) is 0. The number of aromatic nitrogens is 1. The average molecular weight is 185 g/mol. The fourth-order valence-electron chi connectivity index (χ4n) is 0.504. The molecular weight excluding hydrogens is 175 g/mol. The van der Waals surface area contributed by atoms with E-state index in [1.54, 1.807) is 6.20 Å². The molecule has 1 rings (SSSR count). The summed E-state index contributed by atoms with van der Waals surface area (Å²) in [6.07, 6.45) is 3.11. The number of nitrogens with one attached hydrogen (secondary N) is 1. The Labute approximate surface area is 72.0 Å². The lowest BCUT2D eigenvalue weighted by Gasteiger charge is -1.87. The van der Waals surface area contributed by atoms with Crippen molar-refractivity contribution >= 4 is 24.8 Å². The van der Waals surface area contributed by atoms with Gasteiger partial charge in [-0.05, 0) is 7.05 Å². The van der Waals surface area contributed by atoms with Crippen molar-refractivity contribution in [2.75, 3.05) is 7.05 Å². The minimum Gasteiger partial charge on any atom is -0.447 e. The highest BCUT2D eigenvalue weighted by molar-refractivity contribution is 5.85. The van der Waals surface area contributed by atoms with E-state index in [9.17, 15) is 0 Å². The van der Waals surface area contributed by atoms with Crippen LogP contribution in [0.4, 0.5) is 0 Å². The first-order valence-electron chi connectivity index (χ1n) is 2.45. The summed E-state index contributed by atoms with van der Waals surface area (Å²) in [6.45, 7) is 0.750. The Balaban J connectivity index is 0. The van der Waals surface area contributed by atoms with Crippen LogP contribution in [0, 0.1) is 0 Å². The molecular formula is C5H10Cl2N2O. The summed E-state index contributed by atoms with van der Waals surface area (Å²) >= 11 is 0. The highest BCUT2D eigenvalue weighted by Crippen LogP contribution is 1.92. The van der Waals surface area contributed by atoms with Crippen molar-refractivity contribution in [2.24, 2.45) is 0 Å². The zero-order valence-corrected chi connectivity index (χ0v) is 7.17. The molecule has 1 heterocycles. The van der Waals surface area contributed by atoms with Gasteiger partial charge in [0.25, 0.3) is 0 Å². The van der Waals surface area contributed by atoms with Crippen LogP contribution in [-0.2, 0) is 6.54 Å². The van der Waals surface area contributed by atoms with Crippen LogP contribution in [0.25, 0.3) is 0 Å². The van der Waals surface area contributed by atoms with Crippen LogP contribution in [-0.4, -0.2) is 12.0 Å². The number of hydrogen-bond acceptors (Lipinski definition) is 3. The van der Waals surface area contributed by atoms with Crippen molar-refractivity contribution in [2.45, 2.75) is 6.54 Å². The third-order valence-corrected chi connectivity index (χ3v) is 0.834. The smallest absolute Gasteiger partial charge is 0.180 e. The van der Waals surface area contributed by atoms with Crippen molar-refractivity contribution in [3.05, 3.63) is 18.4 Å². The van der Waals surface area contributed by atoms with Crippen molar-refractivity contribution < 1.29 is 4.42 Å². The minimum absolute atomic E-state index is 0. The Morgan fingerprint density at radius 2 is 2.30 bits per heavy atom. The maximum atomic E-state index is 4.90. The fourth-order valence-corrected chi connectivity index (χ4v) is 0.504. The van der Waals surface area contributed by atoms with Crippen LogP contribution in [0.5, 0.6) is 0 Å². The standard InChI is InChI=1S/C5H8N2O.2ClH/c1-6-2-5-3-7-4-8-5;;/h3-4,6H,2H2,1H3;2*1H. The molecule has 0 bridgehead atoms. The molecule has 1 N–H and O–H groups in total. The quantitative estimate of drug-likeness (QED) is 0.753. The maximum Gasteiger partial charge on any atom is 0.180 e. The Morgan fingerprint density at radius 1 is 1.60 bits per heavy atom. The molecule has 3 nitrogen and oxygen atoms in total. The van der Waals surface area contributed by atoms with Gasteiger partial charge in [0.15, 0.2) is 6.39 Å². The molecule has 1 aromatic heterocycles. The van der Waals surface area contributed by atoms with Crippen LogP contribution in [0.15, 0.2) is 17.0 Å². The van der Waals surface area contributed by atoms with Crippen LogP contribution in [0.1, 0.15) is 5.76 Å². The van der Waals surface area contributed by atoms with E-state index in [1.165, 1.54) is 6.39 Å². The van der Waals surface area contributed by atoms with Gasteiger partial charge in [-0.2, -0.15) is 0 Å². The number of nitrogens with zero attached hydrogens (tertiary/aromatic N) is 1. The molecule has 0 saturated carbocycles. The topological polar surface area (TPSA) is 38.1 Å². The van der Waals surface area contributed by atoms with Gasteiger partial charge in [-0.3, -0.25) is 0 Å². The molecule has 0 unspecified atom stereocenters. The average Bonchev–Trinajstić information content (AvgIpc) is 2.19. The summed E-state index contributed by atoms with van der Waals surface area (Å²) in [7, 11) is 1.86. The van der Waals surface area contributed by atoms with E-state index in [1.807, 2.05) is 7.05 Å². The first-order chi connectivity index (χ1) is 3.93. The van der Waals surface area contributed by atoms with Crippen LogP contribution < -0.4 is 5.32 Å². The predicted octanol–water partition coefficient (Wildman–Crippen LogP) is 1.24. The van der Waals surface area contributed by atoms with Gasteiger partial charge in [0.1, 0.15) is 5.76 Å². The molecule has 60 valence electrons. The van der Waals surface area contributed by atoms with Gasteiger partial charge in [-0.15, -0.1) is 24.8 Å². The molecule has 0 amide bonds. The van der Waals surface area contributed by atoms with Crippen molar-refractivity contribution in [1.29, 1.82) is 0 Å². The summed E-state index contributed by atoms with van der Waals surface area (Å²) in [5, 5.41) is 2.94. The molecule has 0 aliphatic carbocycles. The second kappa shape index (κ2) is 6.86. The van der Waals surface area contributed by atoms with Crippen LogP contribution in [0.2, 0.25) is 0 Å². The highest BCUT2D eigenvalue weighted by Gasteiger charge is 1.89. The molecule has 0 aliphatic heterocycles. The predicted molar refractivity (Wildman–Crippen MR) is 43.8 cm³/mol. The maximum absolute atomic E-state index is 4.90. The zero-order chi connectivity index (χ0) is 5.82. The van der Waals surface area contributed by atoms with Gasteiger partial charge >= 0.3 is 0 Å². The van der Waals surface area contributed by atoms with Crippen molar-refractivity contribution in [3.63, 3.8) is 0 Å². The zero-order valence-electron chi connectivity index (χ0n) is 5.53. The second-order valence-electron chi connectivity index (χ2n) is 1.50. The molecule has 0 radical (unpaired) electrons. The monoisotopic (exact) mass is 184 g/mol. The molecule has 5 heteroatoms. The summed E-state index contributed by atoms with van der Waals surface area (Å²) in [4.78, 5) is 3.73. The molecule has 0 aromatic carbocycles. The largest absolute Gasteiger partial charge is 0.447 e. The van der Waals surface area contributed by atoms with Gasteiger partial charge in [-0.25, -0.2) is 4.98 Å². The number of rotatable bonds is 2. The van der Waals surface area contributed by atoms with E-state index in [0.717, 1.165) is 12.3 Å². The van der Waals surface area contributed by atoms with Gasteiger partial charge in [0.05, 0.1) is 12.7 Å². The normalized spacial score (nSPS) is 7.70. The van der Waals surface area contributed by atoms with Crippen molar-refractivity contribution in [1.82, 2.24) is 10.3 Å². The van der Waals surface area contributed by atoms with E-state index in [-0.39, 0.29) is 24.8 Å². The van der Waals surface area contributed by atoms with Gasteiger partial charge in [0.2, 0.25) is 0 Å². The van der Waals surface area contributed by atoms with E-state index in [4.69, 9.17) is 4.42 Å². The fraction of sp³-hybridized carbons (Fsp3) is 0.400. The van der Waals surface area contributed by atoms with E-state index in [0.29, 0.717) is 0 Å². The van der Waals surface area contributed by atoms with Crippen LogP contribution >= 0.6 is 24.8 Å². The number of halogens is 2. The van der Waals surface area contributed by atoms with E-state index < -0.39 is 0 Å². The Kier molecular flexibility index (Phi) is 8.53. The molecule has 1 aromatic rings. The number of hydrogen-bond donors (Lipinski definition) is 1. The third-order valence-electron chi connectivity index (χ3n) is 0.834. The van der Waals surface area contributed by atoms with Gasteiger partial charge in [-0.1, -0.05) is 0 Å². The molecule has 0 atom stereocenters. The molecule has 0 spiro atoms. The lowest BCUT2D eigenvalue weighted by Crippen LogP contribution is -2.03. The Morgan fingerprint density at radius 3 is 2.70 bits per heavy atom. The second-order valence-corrected chi connectivity index (χ2v) is 1.50. The minimum atomic E-state index is 0. The molecule has 0 saturated heterocycles. The van der Waals surface area contributed by atoms with E-state index in [2.05, 4.69) is 10.3 Å². The molecule has 0 aliphatic rings.